The second kappa shape index (κ2) is 7.49. The van der Waals surface area contributed by atoms with Gasteiger partial charge in [0.2, 0.25) is 5.91 Å². The fraction of sp³-hybridized carbons (Fsp3) is 0.176. The molecule has 2 N–H and O–H groups in total. The van der Waals surface area contributed by atoms with Gasteiger partial charge < -0.3 is 10.6 Å². The summed E-state index contributed by atoms with van der Waals surface area (Å²) < 4.78 is 0. The van der Waals surface area contributed by atoms with Gasteiger partial charge in [0.1, 0.15) is 0 Å². The van der Waals surface area contributed by atoms with Crippen LogP contribution in [0.1, 0.15) is 21.5 Å². The van der Waals surface area contributed by atoms with Gasteiger partial charge in [0.25, 0.3) is 5.91 Å². The summed E-state index contributed by atoms with van der Waals surface area (Å²) in [7, 11) is 0. The number of halogens is 2. The third-order valence-corrected chi connectivity index (χ3v) is 3.97. The van der Waals surface area contributed by atoms with E-state index in [1.807, 2.05) is 32.0 Å². The zero-order valence-electron chi connectivity index (χ0n) is 12.7. The summed E-state index contributed by atoms with van der Waals surface area (Å²) in [5.74, 6) is -0.809. The molecule has 2 aromatic carbocycles. The number of rotatable bonds is 4. The van der Waals surface area contributed by atoms with E-state index in [0.29, 0.717) is 0 Å². The average molecular weight is 351 g/mol. The minimum absolute atomic E-state index is 0.163. The minimum Gasteiger partial charge on any atom is -0.343 e. The Morgan fingerprint density at radius 3 is 2.04 bits per heavy atom. The van der Waals surface area contributed by atoms with Gasteiger partial charge in [-0.3, -0.25) is 9.59 Å². The highest BCUT2D eigenvalue weighted by atomic mass is 35.5. The Bertz CT molecular complexity index is 720. The fourth-order valence-corrected chi connectivity index (χ4v) is 2.73. The molecular weight excluding hydrogens is 335 g/mol. The van der Waals surface area contributed by atoms with Crippen molar-refractivity contribution in [2.24, 2.45) is 0 Å². The van der Waals surface area contributed by atoms with Crippen molar-refractivity contribution >= 4 is 40.7 Å². The van der Waals surface area contributed by atoms with E-state index in [1.54, 1.807) is 18.2 Å². The normalized spacial score (nSPS) is 10.3. The number of hydrogen-bond donors (Lipinski definition) is 2. The summed E-state index contributed by atoms with van der Waals surface area (Å²) in [6, 6.07) is 10.5. The topological polar surface area (TPSA) is 58.2 Å². The van der Waals surface area contributed by atoms with Crippen LogP contribution in [0.4, 0.5) is 5.69 Å². The number of hydrogen-bond acceptors (Lipinski definition) is 2. The van der Waals surface area contributed by atoms with E-state index in [9.17, 15) is 9.59 Å². The molecule has 0 atom stereocenters. The standard InChI is InChI=1S/C17H16Cl2N2O2/c1-10-5-3-6-11(2)16(10)21-14(22)9-20-17(23)15-12(18)7-4-8-13(15)19/h3-8H,9H2,1-2H3,(H,20,23)(H,21,22). The molecule has 2 aromatic rings. The predicted molar refractivity (Wildman–Crippen MR) is 93.3 cm³/mol. The van der Waals surface area contributed by atoms with E-state index in [0.717, 1.165) is 16.8 Å². The van der Waals surface area contributed by atoms with Crippen molar-refractivity contribution < 1.29 is 9.59 Å². The Morgan fingerprint density at radius 1 is 0.957 bits per heavy atom. The molecule has 0 spiro atoms. The molecule has 120 valence electrons. The van der Waals surface area contributed by atoms with Crippen LogP contribution in [0.2, 0.25) is 10.0 Å². The quantitative estimate of drug-likeness (QED) is 0.875. The van der Waals surface area contributed by atoms with E-state index >= 15 is 0 Å². The van der Waals surface area contributed by atoms with Crippen molar-refractivity contribution in [2.75, 3.05) is 11.9 Å². The first-order valence-electron chi connectivity index (χ1n) is 6.98. The largest absolute Gasteiger partial charge is 0.343 e. The van der Waals surface area contributed by atoms with Crippen LogP contribution in [-0.2, 0) is 4.79 Å². The molecule has 0 saturated carbocycles. The number of carbonyl (C=O) groups excluding carboxylic acids is 2. The SMILES string of the molecule is Cc1cccc(C)c1NC(=O)CNC(=O)c1c(Cl)cccc1Cl. The van der Waals surface area contributed by atoms with Crippen LogP contribution in [-0.4, -0.2) is 18.4 Å². The summed E-state index contributed by atoms with van der Waals surface area (Å²) in [6.07, 6.45) is 0. The molecule has 0 unspecified atom stereocenters. The Morgan fingerprint density at radius 2 is 1.48 bits per heavy atom. The van der Waals surface area contributed by atoms with E-state index in [1.165, 1.54) is 0 Å². The molecule has 0 aromatic heterocycles. The Kier molecular flexibility index (Phi) is 5.64. The maximum atomic E-state index is 12.1. The third-order valence-electron chi connectivity index (χ3n) is 3.34. The molecule has 23 heavy (non-hydrogen) atoms. The van der Waals surface area contributed by atoms with E-state index < -0.39 is 5.91 Å². The lowest BCUT2D eigenvalue weighted by atomic mass is 10.1. The van der Waals surface area contributed by atoms with Crippen LogP contribution in [0.5, 0.6) is 0 Å². The number of carbonyl (C=O) groups is 2. The number of benzene rings is 2. The van der Waals surface area contributed by atoms with E-state index in [2.05, 4.69) is 10.6 Å². The van der Waals surface area contributed by atoms with Crippen LogP contribution in [0.3, 0.4) is 0 Å². The molecule has 0 radical (unpaired) electrons. The van der Waals surface area contributed by atoms with Gasteiger partial charge in [0, 0.05) is 5.69 Å². The smallest absolute Gasteiger partial charge is 0.254 e. The highest BCUT2D eigenvalue weighted by Crippen LogP contribution is 2.24. The van der Waals surface area contributed by atoms with Gasteiger partial charge in [-0.1, -0.05) is 47.5 Å². The Labute approximate surface area is 144 Å². The van der Waals surface area contributed by atoms with Crippen LogP contribution in [0.15, 0.2) is 36.4 Å². The van der Waals surface area contributed by atoms with E-state index in [-0.39, 0.29) is 28.1 Å². The summed E-state index contributed by atoms with van der Waals surface area (Å²) in [4.78, 5) is 24.1. The second-order valence-corrected chi connectivity index (χ2v) is 5.91. The molecule has 2 amide bonds. The first kappa shape index (κ1) is 17.3. The molecule has 0 bridgehead atoms. The first-order valence-corrected chi connectivity index (χ1v) is 7.74. The predicted octanol–water partition coefficient (Wildman–Crippen LogP) is 3.98. The molecule has 4 nitrogen and oxygen atoms in total. The summed E-state index contributed by atoms with van der Waals surface area (Å²) in [6.45, 7) is 3.64. The fourth-order valence-electron chi connectivity index (χ4n) is 2.16. The van der Waals surface area contributed by atoms with Crippen LogP contribution in [0.25, 0.3) is 0 Å². The molecule has 0 saturated heterocycles. The molecule has 0 aliphatic heterocycles. The van der Waals surface area contributed by atoms with Crippen LogP contribution >= 0.6 is 23.2 Å². The minimum atomic E-state index is -0.489. The van der Waals surface area contributed by atoms with Gasteiger partial charge in [-0.2, -0.15) is 0 Å². The van der Waals surface area contributed by atoms with Crippen molar-refractivity contribution in [3.63, 3.8) is 0 Å². The highest BCUT2D eigenvalue weighted by Gasteiger charge is 2.15. The van der Waals surface area contributed by atoms with Gasteiger partial charge >= 0.3 is 0 Å². The van der Waals surface area contributed by atoms with Crippen molar-refractivity contribution in [1.29, 1.82) is 0 Å². The Balaban J connectivity index is 2.01. The van der Waals surface area contributed by atoms with Crippen molar-refractivity contribution in [1.82, 2.24) is 5.32 Å². The first-order chi connectivity index (χ1) is 10.9. The van der Waals surface area contributed by atoms with Crippen molar-refractivity contribution in [3.8, 4) is 0 Å². The lowest BCUT2D eigenvalue weighted by Crippen LogP contribution is -2.33. The average Bonchev–Trinajstić information content (AvgIpc) is 2.49. The van der Waals surface area contributed by atoms with Gasteiger partial charge in [0.05, 0.1) is 22.2 Å². The Hall–Kier alpha value is -2.04. The number of amides is 2. The van der Waals surface area contributed by atoms with Gasteiger partial charge in [0.15, 0.2) is 0 Å². The van der Waals surface area contributed by atoms with Crippen LogP contribution in [0, 0.1) is 13.8 Å². The second-order valence-electron chi connectivity index (χ2n) is 5.09. The monoisotopic (exact) mass is 350 g/mol. The summed E-state index contributed by atoms with van der Waals surface area (Å²) in [5, 5.41) is 5.80. The van der Waals surface area contributed by atoms with Crippen molar-refractivity contribution in [2.45, 2.75) is 13.8 Å². The molecule has 0 fully saturated rings. The number of anilines is 1. The molecule has 6 heteroatoms. The summed E-state index contributed by atoms with van der Waals surface area (Å²) >= 11 is 11.9. The lowest BCUT2D eigenvalue weighted by molar-refractivity contribution is -0.115. The maximum absolute atomic E-state index is 12.1. The highest BCUT2D eigenvalue weighted by molar-refractivity contribution is 6.39. The molecular formula is C17H16Cl2N2O2. The van der Waals surface area contributed by atoms with Crippen molar-refractivity contribution in [3.05, 3.63) is 63.1 Å². The van der Waals surface area contributed by atoms with E-state index in [4.69, 9.17) is 23.2 Å². The maximum Gasteiger partial charge on any atom is 0.254 e. The molecule has 0 aliphatic rings. The number of nitrogens with one attached hydrogen (secondary N) is 2. The molecule has 0 heterocycles. The lowest BCUT2D eigenvalue weighted by Gasteiger charge is -2.12. The number of para-hydroxylation sites is 1. The number of aryl methyl sites for hydroxylation is 2. The van der Waals surface area contributed by atoms with Gasteiger partial charge in [-0.15, -0.1) is 0 Å². The zero-order valence-corrected chi connectivity index (χ0v) is 14.3. The van der Waals surface area contributed by atoms with Gasteiger partial charge in [-0.25, -0.2) is 0 Å². The molecule has 2 rings (SSSR count). The summed E-state index contributed by atoms with van der Waals surface area (Å²) in [5.41, 5.74) is 2.83. The zero-order chi connectivity index (χ0) is 17.0. The molecule has 0 aliphatic carbocycles. The third kappa shape index (κ3) is 4.24. The van der Waals surface area contributed by atoms with Crippen LogP contribution < -0.4 is 10.6 Å². The van der Waals surface area contributed by atoms with Gasteiger partial charge in [-0.05, 0) is 37.1 Å².